The summed E-state index contributed by atoms with van der Waals surface area (Å²) in [6, 6.07) is 0. The molecule has 0 saturated heterocycles. The third kappa shape index (κ3) is 9.47. The number of carbonyl (C=O) groups is 1. The van der Waals surface area contributed by atoms with Crippen molar-refractivity contribution >= 4 is 5.97 Å². The summed E-state index contributed by atoms with van der Waals surface area (Å²) in [5.74, 6) is -0.199. The van der Waals surface area contributed by atoms with Crippen LogP contribution in [-0.2, 0) is 4.79 Å². The fraction of sp³-hybridized carbons (Fsp3) is 0.750. The van der Waals surface area contributed by atoms with Crippen LogP contribution in [0.3, 0.4) is 0 Å². The molecule has 0 aliphatic carbocycles. The molecule has 0 spiro atoms. The first kappa shape index (κ1) is 14.2. The van der Waals surface area contributed by atoms with Crippen molar-refractivity contribution < 1.29 is 9.90 Å². The van der Waals surface area contributed by atoms with E-state index in [0.29, 0.717) is 12.5 Å². The predicted molar refractivity (Wildman–Crippen MR) is 62.9 cm³/mol. The molecule has 0 aliphatic heterocycles. The molecule has 0 atom stereocenters. The number of carboxylic acids is 1. The Kier molecular flexibility index (Phi) is 6.25. The van der Waals surface area contributed by atoms with Crippen LogP contribution < -0.4 is 5.32 Å². The maximum absolute atomic E-state index is 10.2. The zero-order valence-corrected chi connectivity index (χ0v) is 10.2. The average molecular weight is 213 g/mol. The molecular weight excluding hydrogens is 190 g/mol. The minimum Gasteiger partial charge on any atom is -0.478 e. The third-order valence-corrected chi connectivity index (χ3v) is 2.09. The van der Waals surface area contributed by atoms with Crippen molar-refractivity contribution in [1.29, 1.82) is 0 Å². The SMILES string of the molecule is CC(C)CC(C)(C)CNC/C=C/C(=O)O. The van der Waals surface area contributed by atoms with Gasteiger partial charge in [0, 0.05) is 19.2 Å². The highest BCUT2D eigenvalue weighted by atomic mass is 16.4. The topological polar surface area (TPSA) is 49.3 Å². The van der Waals surface area contributed by atoms with Gasteiger partial charge in [-0.15, -0.1) is 0 Å². The molecule has 0 radical (unpaired) electrons. The van der Waals surface area contributed by atoms with E-state index >= 15 is 0 Å². The van der Waals surface area contributed by atoms with Crippen LogP contribution in [-0.4, -0.2) is 24.2 Å². The molecule has 0 rings (SSSR count). The molecule has 2 N–H and O–H groups in total. The first-order valence-electron chi connectivity index (χ1n) is 5.44. The minimum absolute atomic E-state index is 0.269. The zero-order chi connectivity index (χ0) is 11.9. The van der Waals surface area contributed by atoms with Gasteiger partial charge in [0.05, 0.1) is 0 Å². The number of hydrogen-bond acceptors (Lipinski definition) is 2. The van der Waals surface area contributed by atoms with Gasteiger partial charge < -0.3 is 10.4 Å². The molecular formula is C12H23NO2. The van der Waals surface area contributed by atoms with Crippen LogP contribution >= 0.6 is 0 Å². The van der Waals surface area contributed by atoms with Gasteiger partial charge in [0.25, 0.3) is 0 Å². The predicted octanol–water partition coefficient (Wildman–Crippen LogP) is 2.29. The smallest absolute Gasteiger partial charge is 0.328 e. The quantitative estimate of drug-likeness (QED) is 0.504. The minimum atomic E-state index is -0.891. The number of nitrogens with one attached hydrogen (secondary N) is 1. The van der Waals surface area contributed by atoms with Gasteiger partial charge in [-0.05, 0) is 17.8 Å². The number of aliphatic carboxylic acids is 1. The standard InChI is InChI=1S/C12H23NO2/c1-10(2)8-12(3,4)9-13-7-5-6-11(14)15/h5-6,10,13H,7-9H2,1-4H3,(H,14,15)/b6-5+. The van der Waals surface area contributed by atoms with Gasteiger partial charge in [-0.25, -0.2) is 4.79 Å². The van der Waals surface area contributed by atoms with Crippen molar-refractivity contribution in [2.45, 2.75) is 34.1 Å². The van der Waals surface area contributed by atoms with Gasteiger partial charge in [0.1, 0.15) is 0 Å². The largest absolute Gasteiger partial charge is 0.478 e. The van der Waals surface area contributed by atoms with Crippen LogP contribution in [0, 0.1) is 11.3 Å². The molecule has 0 unspecified atom stereocenters. The molecule has 15 heavy (non-hydrogen) atoms. The van der Waals surface area contributed by atoms with Crippen molar-refractivity contribution in [3.05, 3.63) is 12.2 Å². The molecule has 0 aromatic rings. The summed E-state index contributed by atoms with van der Waals surface area (Å²) in [6.45, 7) is 10.4. The van der Waals surface area contributed by atoms with E-state index < -0.39 is 5.97 Å². The van der Waals surface area contributed by atoms with Crippen LogP contribution in [0.25, 0.3) is 0 Å². The Hall–Kier alpha value is -0.830. The molecule has 3 nitrogen and oxygen atoms in total. The lowest BCUT2D eigenvalue weighted by Gasteiger charge is -2.26. The number of rotatable bonds is 7. The van der Waals surface area contributed by atoms with Gasteiger partial charge in [0.2, 0.25) is 0 Å². The van der Waals surface area contributed by atoms with Crippen LogP contribution in [0.2, 0.25) is 0 Å². The van der Waals surface area contributed by atoms with Crippen molar-refractivity contribution in [3.63, 3.8) is 0 Å². The summed E-state index contributed by atoms with van der Waals surface area (Å²) in [7, 11) is 0. The Bertz CT molecular complexity index is 220. The highest BCUT2D eigenvalue weighted by Crippen LogP contribution is 2.23. The molecule has 0 aromatic heterocycles. The van der Waals surface area contributed by atoms with Gasteiger partial charge in [-0.1, -0.05) is 33.8 Å². The van der Waals surface area contributed by atoms with E-state index in [4.69, 9.17) is 5.11 Å². The molecule has 0 aromatic carbocycles. The Morgan fingerprint density at radius 3 is 2.53 bits per heavy atom. The molecule has 88 valence electrons. The first-order valence-corrected chi connectivity index (χ1v) is 5.44. The van der Waals surface area contributed by atoms with E-state index in [1.807, 2.05) is 0 Å². The number of carboxylic acid groups (broad SMARTS) is 1. The van der Waals surface area contributed by atoms with Crippen molar-refractivity contribution in [1.82, 2.24) is 5.32 Å². The lowest BCUT2D eigenvalue weighted by Crippen LogP contribution is -2.30. The summed E-state index contributed by atoms with van der Waals surface area (Å²) >= 11 is 0. The van der Waals surface area contributed by atoms with Crippen molar-refractivity contribution in [3.8, 4) is 0 Å². The average Bonchev–Trinajstić information content (AvgIpc) is 1.99. The van der Waals surface area contributed by atoms with E-state index in [-0.39, 0.29) is 5.41 Å². The van der Waals surface area contributed by atoms with Gasteiger partial charge in [-0.2, -0.15) is 0 Å². The maximum Gasteiger partial charge on any atom is 0.328 e. The fourth-order valence-corrected chi connectivity index (χ4v) is 1.83. The summed E-state index contributed by atoms with van der Waals surface area (Å²) in [5.41, 5.74) is 0.269. The Morgan fingerprint density at radius 2 is 2.07 bits per heavy atom. The summed E-state index contributed by atoms with van der Waals surface area (Å²) in [6.07, 6.45) is 3.97. The highest BCUT2D eigenvalue weighted by molar-refractivity contribution is 5.79. The normalized spacial score (nSPS) is 12.6. The van der Waals surface area contributed by atoms with Gasteiger partial charge in [-0.3, -0.25) is 0 Å². The Morgan fingerprint density at radius 1 is 1.47 bits per heavy atom. The zero-order valence-electron chi connectivity index (χ0n) is 10.2. The Labute approximate surface area is 92.6 Å². The first-order chi connectivity index (χ1) is 6.83. The summed E-state index contributed by atoms with van der Waals surface area (Å²) < 4.78 is 0. The van der Waals surface area contributed by atoms with Crippen LogP contribution in [0.5, 0.6) is 0 Å². The lowest BCUT2D eigenvalue weighted by atomic mass is 9.84. The fourth-order valence-electron chi connectivity index (χ4n) is 1.83. The maximum atomic E-state index is 10.2. The van der Waals surface area contributed by atoms with Crippen LogP contribution in [0.4, 0.5) is 0 Å². The molecule has 3 heteroatoms. The van der Waals surface area contributed by atoms with E-state index in [1.165, 1.54) is 12.5 Å². The van der Waals surface area contributed by atoms with Crippen molar-refractivity contribution in [2.24, 2.45) is 11.3 Å². The highest BCUT2D eigenvalue weighted by Gasteiger charge is 2.18. The van der Waals surface area contributed by atoms with Crippen LogP contribution in [0.1, 0.15) is 34.1 Å². The molecule has 0 fully saturated rings. The van der Waals surface area contributed by atoms with Crippen molar-refractivity contribution in [2.75, 3.05) is 13.1 Å². The molecule has 0 aliphatic rings. The summed E-state index contributed by atoms with van der Waals surface area (Å²) in [4.78, 5) is 10.2. The molecule has 0 amide bonds. The van der Waals surface area contributed by atoms with E-state index in [0.717, 1.165) is 6.54 Å². The Balaban J connectivity index is 3.70. The molecule has 0 saturated carbocycles. The van der Waals surface area contributed by atoms with E-state index in [2.05, 4.69) is 33.0 Å². The van der Waals surface area contributed by atoms with Gasteiger partial charge in [0.15, 0.2) is 0 Å². The number of hydrogen-bond donors (Lipinski definition) is 2. The van der Waals surface area contributed by atoms with E-state index in [9.17, 15) is 4.79 Å². The monoisotopic (exact) mass is 213 g/mol. The molecule has 0 heterocycles. The molecule has 0 bridgehead atoms. The van der Waals surface area contributed by atoms with Gasteiger partial charge >= 0.3 is 5.97 Å². The second-order valence-electron chi connectivity index (χ2n) is 5.13. The third-order valence-electron chi connectivity index (χ3n) is 2.09. The van der Waals surface area contributed by atoms with Crippen LogP contribution in [0.15, 0.2) is 12.2 Å². The lowest BCUT2D eigenvalue weighted by molar-refractivity contribution is -0.131. The summed E-state index contributed by atoms with van der Waals surface area (Å²) in [5, 5.41) is 11.6. The second-order valence-corrected chi connectivity index (χ2v) is 5.13. The second kappa shape index (κ2) is 6.62. The van der Waals surface area contributed by atoms with E-state index in [1.54, 1.807) is 6.08 Å².